The molecule has 0 amide bonds. The summed E-state index contributed by atoms with van der Waals surface area (Å²) in [7, 11) is 0. The van der Waals surface area contributed by atoms with Crippen molar-refractivity contribution in [2.75, 3.05) is 33.0 Å². The lowest BCUT2D eigenvalue weighted by Crippen LogP contribution is -2.35. The summed E-state index contributed by atoms with van der Waals surface area (Å²) >= 11 is 0. The molecule has 5 aliphatic rings. The number of carbonyl (C=O) groups excluding carboxylic acids is 1. The fourth-order valence-electron chi connectivity index (χ4n) is 7.58. The standard InChI is InChI=1S/C18H21NO3.C17H19NO3.8C2H6/c1-12-9-13(2)15-16(21-8-7-20-15)14(12)17(10-19)3-5-18(6-4-17)11-22-18;1-11-9-12(2)15-16(21-8-7-20-15)14(11)17(10-18)5-3-13(19)4-6-17;8*1-2/h9H,3-8,11H2,1-2H3;9H,3-8H2,1-2H3;8*1-2H3. The quantitative estimate of drug-likeness (QED) is 0.275. The number of carbonyl (C=O) groups is 1. The van der Waals surface area contributed by atoms with Crippen molar-refractivity contribution in [1.29, 1.82) is 10.5 Å². The van der Waals surface area contributed by atoms with Crippen LogP contribution < -0.4 is 18.9 Å². The Morgan fingerprint density at radius 1 is 0.458 bits per heavy atom. The minimum atomic E-state index is -0.628. The molecule has 338 valence electrons. The Balaban J connectivity index is -0.000000796. The minimum absolute atomic E-state index is 0.0797. The maximum absolute atomic E-state index is 11.6. The molecule has 7 rings (SSSR count). The number of ether oxygens (including phenoxy) is 5. The largest absolute Gasteiger partial charge is 0.486 e. The number of nitriles is 2. The molecule has 3 heterocycles. The van der Waals surface area contributed by atoms with E-state index in [0.29, 0.717) is 52.1 Å². The highest BCUT2D eigenvalue weighted by molar-refractivity contribution is 5.80. The van der Waals surface area contributed by atoms with Crippen molar-refractivity contribution in [2.24, 2.45) is 0 Å². The second-order valence-corrected chi connectivity index (χ2v) is 12.9. The third kappa shape index (κ3) is 15.0. The van der Waals surface area contributed by atoms with Crippen molar-refractivity contribution < 1.29 is 28.5 Å². The molecule has 0 bridgehead atoms. The highest BCUT2D eigenvalue weighted by atomic mass is 16.6. The molecule has 59 heavy (non-hydrogen) atoms. The fraction of sp³-hybridized carbons (Fsp3) is 0.706. The molecular weight excluding hydrogens is 737 g/mol. The van der Waals surface area contributed by atoms with E-state index in [9.17, 15) is 15.3 Å². The summed E-state index contributed by atoms with van der Waals surface area (Å²) in [6, 6.07) is 9.27. The van der Waals surface area contributed by atoms with Crippen LogP contribution in [0.25, 0.3) is 0 Å². The number of benzene rings is 2. The molecule has 0 atom stereocenters. The molecule has 0 aromatic heterocycles. The molecule has 0 N–H and O–H groups in total. The normalized spacial score (nSPS) is 20.1. The van der Waals surface area contributed by atoms with E-state index in [1.165, 1.54) is 0 Å². The van der Waals surface area contributed by atoms with Gasteiger partial charge >= 0.3 is 0 Å². The second kappa shape index (κ2) is 32.1. The van der Waals surface area contributed by atoms with Crippen LogP contribution in [0.5, 0.6) is 23.0 Å². The van der Waals surface area contributed by atoms with Gasteiger partial charge in [0, 0.05) is 24.0 Å². The van der Waals surface area contributed by atoms with E-state index in [-0.39, 0.29) is 11.4 Å². The smallest absolute Gasteiger partial charge is 0.166 e. The molecule has 8 heteroatoms. The van der Waals surface area contributed by atoms with Gasteiger partial charge in [0.25, 0.3) is 0 Å². The first-order chi connectivity index (χ1) is 28.7. The Labute approximate surface area is 363 Å². The number of epoxide rings is 1. The molecule has 3 aliphatic heterocycles. The molecule has 3 fully saturated rings. The Kier molecular flexibility index (Phi) is 32.4. The molecule has 0 radical (unpaired) electrons. The number of hydrogen-bond donors (Lipinski definition) is 0. The summed E-state index contributed by atoms with van der Waals surface area (Å²) in [4.78, 5) is 11.6. The third-order valence-electron chi connectivity index (χ3n) is 10.0. The zero-order valence-corrected chi connectivity index (χ0v) is 41.7. The van der Waals surface area contributed by atoms with E-state index >= 15 is 0 Å². The SMILES string of the molecule is CC.CC.CC.CC.CC.CC.CC.CC.Cc1cc(C)c(C2(C#N)CCC(=O)CC2)c2c1OCCO2.Cc1cc(C)c(C2(C#N)CCC3(CC2)CO3)c2c1OCCO2. The number of ketones is 1. The predicted octanol–water partition coefficient (Wildman–Crippen LogP) is 14.4. The number of hydrogen-bond acceptors (Lipinski definition) is 8. The Bertz CT molecular complexity index is 1530. The fourth-order valence-corrected chi connectivity index (χ4v) is 7.58. The molecular formula is C51H88N2O6. The first-order valence-electron chi connectivity index (χ1n) is 23.5. The molecule has 2 aliphatic carbocycles. The lowest BCUT2D eigenvalue weighted by Gasteiger charge is -2.37. The van der Waals surface area contributed by atoms with Crippen LogP contribution in [0.1, 0.15) is 196 Å². The van der Waals surface area contributed by atoms with Crippen LogP contribution in [0.2, 0.25) is 0 Å². The van der Waals surface area contributed by atoms with Gasteiger partial charge < -0.3 is 23.7 Å². The van der Waals surface area contributed by atoms with Gasteiger partial charge in [0.05, 0.1) is 35.2 Å². The summed E-state index contributed by atoms with van der Waals surface area (Å²) in [5.74, 6) is 3.35. The van der Waals surface area contributed by atoms with E-state index in [0.717, 1.165) is 88.7 Å². The highest BCUT2D eigenvalue weighted by Crippen LogP contribution is 2.54. The van der Waals surface area contributed by atoms with E-state index < -0.39 is 10.8 Å². The van der Waals surface area contributed by atoms with Crippen molar-refractivity contribution in [1.82, 2.24) is 0 Å². The first-order valence-corrected chi connectivity index (χ1v) is 23.5. The Morgan fingerprint density at radius 3 is 1.03 bits per heavy atom. The van der Waals surface area contributed by atoms with Crippen molar-refractivity contribution in [2.45, 2.75) is 206 Å². The number of nitrogens with zero attached hydrogens (tertiary/aromatic N) is 2. The van der Waals surface area contributed by atoms with E-state index in [4.69, 9.17) is 23.7 Å². The second-order valence-electron chi connectivity index (χ2n) is 12.9. The van der Waals surface area contributed by atoms with Crippen LogP contribution in [0.3, 0.4) is 0 Å². The summed E-state index contributed by atoms with van der Waals surface area (Å²) in [6.45, 7) is 43.2. The average Bonchev–Trinajstić information content (AvgIpc) is 4.09. The van der Waals surface area contributed by atoms with Crippen LogP contribution in [0, 0.1) is 50.4 Å². The summed E-state index contributed by atoms with van der Waals surface area (Å²) in [6.07, 6.45) is 5.68. The summed E-state index contributed by atoms with van der Waals surface area (Å²) < 4.78 is 29.0. The molecule has 8 nitrogen and oxygen atoms in total. The number of fused-ring (bicyclic) bond motifs is 2. The van der Waals surface area contributed by atoms with Crippen molar-refractivity contribution >= 4 is 5.78 Å². The minimum Gasteiger partial charge on any atom is -0.486 e. The lowest BCUT2D eigenvalue weighted by molar-refractivity contribution is -0.121. The zero-order chi connectivity index (χ0) is 46.4. The van der Waals surface area contributed by atoms with Gasteiger partial charge in [-0.2, -0.15) is 10.5 Å². The van der Waals surface area contributed by atoms with Crippen LogP contribution in [0.15, 0.2) is 12.1 Å². The monoisotopic (exact) mass is 825 g/mol. The lowest BCUT2D eigenvalue weighted by atomic mass is 9.66. The van der Waals surface area contributed by atoms with E-state index in [1.54, 1.807) is 0 Å². The van der Waals surface area contributed by atoms with Crippen LogP contribution in [-0.2, 0) is 20.4 Å². The molecule has 2 aromatic rings. The molecule has 2 aromatic carbocycles. The Morgan fingerprint density at radius 2 is 0.746 bits per heavy atom. The van der Waals surface area contributed by atoms with E-state index in [1.807, 2.05) is 132 Å². The summed E-state index contributed by atoms with van der Waals surface area (Å²) in [5, 5.41) is 19.8. The molecule has 1 spiro atoms. The van der Waals surface area contributed by atoms with Crippen molar-refractivity contribution in [3.05, 3.63) is 45.5 Å². The zero-order valence-electron chi connectivity index (χ0n) is 41.7. The van der Waals surface area contributed by atoms with Crippen molar-refractivity contribution in [3.63, 3.8) is 0 Å². The van der Waals surface area contributed by atoms with Gasteiger partial charge in [-0.05, 0) is 88.5 Å². The maximum Gasteiger partial charge on any atom is 0.166 e. The van der Waals surface area contributed by atoms with Gasteiger partial charge in [0.2, 0.25) is 0 Å². The average molecular weight is 825 g/mol. The first kappa shape index (κ1) is 59.6. The molecule has 2 saturated carbocycles. The maximum atomic E-state index is 11.6. The highest BCUT2D eigenvalue weighted by Gasteiger charge is 2.53. The van der Waals surface area contributed by atoms with Crippen LogP contribution in [-0.4, -0.2) is 44.4 Å². The van der Waals surface area contributed by atoms with Gasteiger partial charge in [-0.1, -0.05) is 123 Å². The predicted molar refractivity (Wildman–Crippen MR) is 250 cm³/mol. The van der Waals surface area contributed by atoms with E-state index in [2.05, 4.69) is 31.2 Å². The van der Waals surface area contributed by atoms with Crippen molar-refractivity contribution in [3.8, 4) is 35.1 Å². The number of aryl methyl sites for hydroxylation is 4. The third-order valence-corrected chi connectivity index (χ3v) is 10.0. The number of Topliss-reactive ketones (excluding diaryl/α,β-unsaturated/α-hetero) is 1. The topological polar surface area (TPSA) is 114 Å². The van der Waals surface area contributed by atoms with Crippen LogP contribution >= 0.6 is 0 Å². The summed E-state index contributed by atoms with van der Waals surface area (Å²) in [5.41, 5.74) is 5.26. The Hall–Kier alpha value is -3.75. The van der Waals surface area contributed by atoms with Gasteiger partial charge in [-0.25, -0.2) is 0 Å². The van der Waals surface area contributed by atoms with Gasteiger partial charge in [0.1, 0.15) is 32.2 Å². The van der Waals surface area contributed by atoms with Crippen LogP contribution in [0.4, 0.5) is 0 Å². The van der Waals surface area contributed by atoms with Gasteiger partial charge in [-0.15, -0.1) is 0 Å². The number of rotatable bonds is 2. The molecule has 1 saturated heterocycles. The van der Waals surface area contributed by atoms with Gasteiger partial charge in [0.15, 0.2) is 23.0 Å². The molecule has 0 unspecified atom stereocenters. The van der Waals surface area contributed by atoms with Gasteiger partial charge in [-0.3, -0.25) is 4.79 Å².